The minimum Gasteiger partial charge on any atom is -0.493 e. The van der Waals surface area contributed by atoms with Crippen LogP contribution >= 0.6 is 23.2 Å². The van der Waals surface area contributed by atoms with E-state index in [9.17, 15) is 9.18 Å². The van der Waals surface area contributed by atoms with E-state index in [1.54, 1.807) is 25.3 Å². The first-order chi connectivity index (χ1) is 15.5. The molecule has 0 aliphatic heterocycles. The highest BCUT2D eigenvalue weighted by atomic mass is 35.5. The Morgan fingerprint density at radius 3 is 2.31 bits per heavy atom. The second-order valence-electron chi connectivity index (χ2n) is 7.46. The minimum atomic E-state index is -0.426. The van der Waals surface area contributed by atoms with Crippen molar-refractivity contribution in [2.45, 2.75) is 31.8 Å². The molecule has 1 aliphatic carbocycles. The highest BCUT2D eigenvalue weighted by Crippen LogP contribution is 2.39. The van der Waals surface area contributed by atoms with Gasteiger partial charge in [0.25, 0.3) is 5.91 Å². The Bertz CT molecular complexity index is 1100. The monoisotopic (exact) mass is 474 g/mol. The van der Waals surface area contributed by atoms with Crippen molar-refractivity contribution < 1.29 is 18.7 Å². The van der Waals surface area contributed by atoms with Crippen LogP contribution in [0.2, 0.25) is 10.0 Å². The smallest absolute Gasteiger partial charge is 0.263 e. The zero-order valence-electron chi connectivity index (χ0n) is 17.4. The molecule has 2 aromatic carbocycles. The molecule has 0 N–H and O–H groups in total. The van der Waals surface area contributed by atoms with Crippen LogP contribution in [0.5, 0.6) is 11.5 Å². The average molecular weight is 475 g/mol. The summed E-state index contributed by atoms with van der Waals surface area (Å²) < 4.78 is 25.1. The van der Waals surface area contributed by atoms with Crippen molar-refractivity contribution in [1.29, 1.82) is 0 Å². The Balaban J connectivity index is 1.78. The first kappa shape index (κ1) is 22.4. The fourth-order valence-electron chi connectivity index (χ4n) is 3.77. The van der Waals surface area contributed by atoms with Crippen LogP contribution in [0.4, 0.5) is 15.8 Å². The fourth-order valence-corrected chi connectivity index (χ4v) is 4.31. The van der Waals surface area contributed by atoms with E-state index in [4.69, 9.17) is 32.7 Å². The molecule has 0 atom stereocenters. The summed E-state index contributed by atoms with van der Waals surface area (Å²) in [6, 6.07) is 10.5. The van der Waals surface area contributed by atoms with Gasteiger partial charge in [-0.3, -0.25) is 14.7 Å². The molecule has 1 saturated carbocycles. The molecular weight excluding hydrogens is 454 g/mol. The molecule has 1 aliphatic rings. The first-order valence-electron chi connectivity index (χ1n) is 10.2. The van der Waals surface area contributed by atoms with E-state index in [1.807, 2.05) is 0 Å². The van der Waals surface area contributed by atoms with Crippen LogP contribution in [-0.4, -0.2) is 24.1 Å². The Hall–Kier alpha value is -2.83. The molecule has 1 aromatic heterocycles. The molecule has 32 heavy (non-hydrogen) atoms. The molecule has 166 valence electrons. The molecule has 1 heterocycles. The Kier molecular flexibility index (Phi) is 6.82. The third-order valence-electron chi connectivity index (χ3n) is 5.35. The van der Waals surface area contributed by atoms with Crippen LogP contribution < -0.4 is 14.4 Å². The van der Waals surface area contributed by atoms with E-state index >= 15 is 0 Å². The normalized spacial score (nSPS) is 13.8. The summed E-state index contributed by atoms with van der Waals surface area (Å²) in [4.78, 5) is 19.0. The fraction of sp³-hybridized carbons (Fsp3) is 0.250. The van der Waals surface area contributed by atoms with E-state index in [0.717, 1.165) is 25.7 Å². The van der Waals surface area contributed by atoms with Crippen LogP contribution in [0.3, 0.4) is 0 Å². The van der Waals surface area contributed by atoms with Gasteiger partial charge in [0, 0.05) is 23.6 Å². The number of halogens is 3. The average Bonchev–Trinajstić information content (AvgIpc) is 3.30. The maximum absolute atomic E-state index is 13.7. The second kappa shape index (κ2) is 9.76. The van der Waals surface area contributed by atoms with Gasteiger partial charge in [0.1, 0.15) is 5.82 Å². The molecule has 1 fully saturated rings. The lowest BCUT2D eigenvalue weighted by Gasteiger charge is -2.25. The number of nitrogens with zero attached hydrogens (tertiary/aromatic N) is 2. The summed E-state index contributed by atoms with van der Waals surface area (Å²) in [5, 5.41) is 0.372. The summed E-state index contributed by atoms with van der Waals surface area (Å²) in [6.45, 7) is 0. The van der Waals surface area contributed by atoms with Crippen LogP contribution in [0.25, 0.3) is 0 Å². The summed E-state index contributed by atoms with van der Waals surface area (Å²) in [6.07, 6.45) is 7.04. The number of carbonyl (C=O) groups is 1. The molecule has 3 aromatic rings. The molecular formula is C24H21Cl2FN2O3. The van der Waals surface area contributed by atoms with Gasteiger partial charge in [0.05, 0.1) is 28.9 Å². The number of rotatable bonds is 6. The van der Waals surface area contributed by atoms with Crippen molar-refractivity contribution in [2.75, 3.05) is 12.0 Å². The number of anilines is 2. The summed E-state index contributed by atoms with van der Waals surface area (Å²) >= 11 is 12.7. The van der Waals surface area contributed by atoms with Gasteiger partial charge in [-0.1, -0.05) is 23.2 Å². The zero-order chi connectivity index (χ0) is 22.7. The Morgan fingerprint density at radius 1 is 1.03 bits per heavy atom. The van der Waals surface area contributed by atoms with Gasteiger partial charge in [-0.2, -0.15) is 0 Å². The number of carbonyl (C=O) groups excluding carboxylic acids is 1. The Labute approximate surface area is 195 Å². The lowest BCUT2D eigenvalue weighted by Crippen LogP contribution is -2.27. The summed E-state index contributed by atoms with van der Waals surface area (Å²) in [5.41, 5.74) is 1.00. The van der Waals surface area contributed by atoms with Crippen LogP contribution in [0.15, 0.2) is 54.9 Å². The lowest BCUT2D eigenvalue weighted by atomic mass is 10.1. The summed E-state index contributed by atoms with van der Waals surface area (Å²) in [7, 11) is 1.56. The van der Waals surface area contributed by atoms with E-state index in [1.165, 1.54) is 41.6 Å². The van der Waals surface area contributed by atoms with Gasteiger partial charge < -0.3 is 9.47 Å². The van der Waals surface area contributed by atoms with E-state index in [0.29, 0.717) is 22.7 Å². The van der Waals surface area contributed by atoms with Crippen LogP contribution in [-0.2, 0) is 0 Å². The maximum atomic E-state index is 13.7. The highest BCUT2D eigenvalue weighted by Gasteiger charge is 2.26. The lowest BCUT2D eigenvalue weighted by molar-refractivity contribution is 0.0998. The van der Waals surface area contributed by atoms with Crippen molar-refractivity contribution in [3.8, 4) is 11.5 Å². The second-order valence-corrected chi connectivity index (χ2v) is 8.27. The van der Waals surface area contributed by atoms with E-state index in [-0.39, 0.29) is 21.8 Å². The van der Waals surface area contributed by atoms with Crippen molar-refractivity contribution in [3.63, 3.8) is 0 Å². The Morgan fingerprint density at radius 2 is 1.69 bits per heavy atom. The topological polar surface area (TPSA) is 51.7 Å². The SMILES string of the molecule is COc1ccc(C(=O)N(c2ccc(F)cc2)c2c(Cl)cncc2Cl)cc1OC1CCCC1. The minimum absolute atomic E-state index is 0.0894. The number of hydrogen-bond acceptors (Lipinski definition) is 4. The molecule has 8 heteroatoms. The van der Waals surface area contributed by atoms with Crippen molar-refractivity contribution in [3.05, 3.63) is 76.3 Å². The molecule has 5 nitrogen and oxygen atoms in total. The number of hydrogen-bond donors (Lipinski definition) is 0. The molecule has 1 amide bonds. The third-order valence-corrected chi connectivity index (χ3v) is 5.90. The largest absolute Gasteiger partial charge is 0.493 e. The highest BCUT2D eigenvalue weighted by molar-refractivity contribution is 6.40. The van der Waals surface area contributed by atoms with Gasteiger partial charge >= 0.3 is 0 Å². The maximum Gasteiger partial charge on any atom is 0.263 e. The number of methoxy groups -OCH3 is 1. The van der Waals surface area contributed by atoms with Crippen LogP contribution in [0, 0.1) is 5.82 Å². The number of aromatic nitrogens is 1. The van der Waals surface area contributed by atoms with Crippen molar-refractivity contribution in [1.82, 2.24) is 4.98 Å². The van der Waals surface area contributed by atoms with Crippen molar-refractivity contribution >= 4 is 40.5 Å². The van der Waals surface area contributed by atoms with Gasteiger partial charge in [-0.05, 0) is 68.1 Å². The number of benzene rings is 2. The van der Waals surface area contributed by atoms with Gasteiger partial charge in [0.15, 0.2) is 11.5 Å². The van der Waals surface area contributed by atoms with Crippen molar-refractivity contribution in [2.24, 2.45) is 0 Å². The molecule has 0 spiro atoms. The van der Waals surface area contributed by atoms with E-state index < -0.39 is 11.7 Å². The van der Waals surface area contributed by atoms with E-state index in [2.05, 4.69) is 4.98 Å². The molecule has 0 radical (unpaired) electrons. The number of pyridine rings is 1. The molecule has 4 rings (SSSR count). The molecule has 0 unspecified atom stereocenters. The predicted molar refractivity (Wildman–Crippen MR) is 123 cm³/mol. The standard InChI is InChI=1S/C24H21Cl2FN2O3/c1-31-21-11-6-15(12-22(21)32-18-4-2-3-5-18)24(30)29(17-9-7-16(27)8-10-17)23-19(25)13-28-14-20(23)26/h6-14,18H,2-5H2,1H3. The first-order valence-corrected chi connectivity index (χ1v) is 11.0. The zero-order valence-corrected chi connectivity index (χ0v) is 18.9. The third kappa shape index (κ3) is 4.66. The number of ether oxygens (including phenoxy) is 2. The van der Waals surface area contributed by atoms with Crippen LogP contribution in [0.1, 0.15) is 36.0 Å². The molecule has 0 bridgehead atoms. The van der Waals surface area contributed by atoms with Gasteiger partial charge in [-0.15, -0.1) is 0 Å². The summed E-state index contributed by atoms with van der Waals surface area (Å²) in [5.74, 6) is 0.202. The van der Waals surface area contributed by atoms with Gasteiger partial charge in [0.2, 0.25) is 0 Å². The predicted octanol–water partition coefficient (Wildman–Crippen LogP) is 6.84. The van der Waals surface area contributed by atoms with Gasteiger partial charge in [-0.25, -0.2) is 4.39 Å². The number of amides is 1. The molecule has 0 saturated heterocycles. The quantitative estimate of drug-likeness (QED) is 0.392.